The van der Waals surface area contributed by atoms with Crippen molar-refractivity contribution in [2.45, 2.75) is 39.2 Å². The van der Waals surface area contributed by atoms with E-state index in [1.807, 2.05) is 24.3 Å². The van der Waals surface area contributed by atoms with Gasteiger partial charge in [0.05, 0.1) is 17.1 Å². The third kappa shape index (κ3) is 3.30. The van der Waals surface area contributed by atoms with E-state index in [1.54, 1.807) is 0 Å². The number of aromatic nitrogens is 2. The summed E-state index contributed by atoms with van der Waals surface area (Å²) >= 11 is 0. The fraction of sp³-hybridized carbons (Fsp3) is 0.600. The highest BCUT2D eigenvalue weighted by Gasteiger charge is 2.29. The molecule has 1 aromatic carbocycles. The molecule has 0 spiro atoms. The van der Waals surface area contributed by atoms with Gasteiger partial charge in [0, 0.05) is 26.2 Å². The van der Waals surface area contributed by atoms with Crippen molar-refractivity contribution in [2.75, 3.05) is 36.0 Å². The van der Waals surface area contributed by atoms with Crippen LogP contribution >= 0.6 is 0 Å². The molecule has 0 radical (unpaired) electrons. The van der Waals surface area contributed by atoms with Gasteiger partial charge in [0.1, 0.15) is 0 Å². The van der Waals surface area contributed by atoms with E-state index >= 15 is 0 Å². The molecule has 134 valence electrons. The van der Waals surface area contributed by atoms with Crippen LogP contribution in [0, 0.1) is 11.8 Å². The third-order valence-corrected chi connectivity index (χ3v) is 5.84. The van der Waals surface area contributed by atoms with Crippen molar-refractivity contribution >= 4 is 22.7 Å². The number of β-amino-alcohol motifs (C(OH)–C–C–N with tert-alkyl or cyclic N) is 1. The van der Waals surface area contributed by atoms with Crippen LogP contribution < -0.4 is 9.80 Å². The zero-order chi connectivity index (χ0) is 17.4. The molecule has 2 fully saturated rings. The number of anilines is 2. The van der Waals surface area contributed by atoms with E-state index in [-0.39, 0.29) is 6.10 Å². The zero-order valence-corrected chi connectivity index (χ0v) is 15.2. The predicted molar refractivity (Wildman–Crippen MR) is 102 cm³/mol. The van der Waals surface area contributed by atoms with Crippen molar-refractivity contribution in [3.05, 3.63) is 24.3 Å². The van der Waals surface area contributed by atoms with Crippen molar-refractivity contribution in [3.63, 3.8) is 0 Å². The smallest absolute Gasteiger partial charge is 0.172 e. The summed E-state index contributed by atoms with van der Waals surface area (Å²) in [4.78, 5) is 14.6. The van der Waals surface area contributed by atoms with E-state index in [4.69, 9.17) is 9.97 Å². The van der Waals surface area contributed by atoms with Gasteiger partial charge < -0.3 is 14.9 Å². The lowest BCUT2D eigenvalue weighted by molar-refractivity contribution is 0.102. The van der Waals surface area contributed by atoms with Crippen LogP contribution in [0.1, 0.15) is 33.1 Å². The molecular weight excluding hydrogens is 312 g/mol. The Morgan fingerprint density at radius 3 is 2.04 bits per heavy atom. The van der Waals surface area contributed by atoms with Crippen LogP contribution in [-0.2, 0) is 0 Å². The van der Waals surface area contributed by atoms with Crippen LogP contribution in [0.2, 0.25) is 0 Å². The molecule has 0 aliphatic carbocycles. The first-order valence-electron chi connectivity index (χ1n) is 9.56. The number of aliphatic hydroxyl groups excluding tert-OH is 1. The minimum absolute atomic E-state index is 0.295. The average Bonchev–Trinajstić information content (AvgIpc) is 2.63. The number of rotatable bonds is 2. The molecule has 3 heterocycles. The Morgan fingerprint density at radius 1 is 0.880 bits per heavy atom. The second-order valence-corrected chi connectivity index (χ2v) is 7.81. The van der Waals surface area contributed by atoms with E-state index in [0.717, 1.165) is 54.6 Å². The molecule has 0 amide bonds. The molecule has 2 atom stereocenters. The SMILES string of the molecule is CC1CCN(c2nc3ccccc3nc2N2CCC(C)C(O)C2)CC1. The minimum atomic E-state index is -0.295. The number of nitrogens with zero attached hydrogens (tertiary/aromatic N) is 4. The standard InChI is InChI=1S/C20H28N4O/c1-14-7-10-23(11-8-14)19-20(24-12-9-15(2)18(25)13-24)22-17-6-4-3-5-16(17)21-19/h3-6,14-15,18,25H,7-13H2,1-2H3. The number of fused-ring (bicyclic) bond motifs is 1. The summed E-state index contributed by atoms with van der Waals surface area (Å²) in [6.07, 6.45) is 3.10. The molecule has 2 aromatic rings. The highest BCUT2D eigenvalue weighted by molar-refractivity contribution is 5.81. The van der Waals surface area contributed by atoms with E-state index < -0.39 is 0 Å². The van der Waals surface area contributed by atoms with Crippen molar-refractivity contribution < 1.29 is 5.11 Å². The van der Waals surface area contributed by atoms with Crippen LogP contribution in [0.15, 0.2) is 24.3 Å². The highest BCUT2D eigenvalue weighted by Crippen LogP contribution is 2.33. The van der Waals surface area contributed by atoms with Gasteiger partial charge >= 0.3 is 0 Å². The molecule has 25 heavy (non-hydrogen) atoms. The number of hydrogen-bond donors (Lipinski definition) is 1. The van der Waals surface area contributed by atoms with Crippen molar-refractivity contribution in [1.82, 2.24) is 9.97 Å². The molecule has 5 nitrogen and oxygen atoms in total. The lowest BCUT2D eigenvalue weighted by atomic mass is 9.96. The molecule has 2 unspecified atom stereocenters. The first-order valence-corrected chi connectivity index (χ1v) is 9.56. The fourth-order valence-corrected chi connectivity index (χ4v) is 3.87. The van der Waals surface area contributed by atoms with Gasteiger partial charge in [-0.1, -0.05) is 26.0 Å². The van der Waals surface area contributed by atoms with Crippen LogP contribution in [0.25, 0.3) is 11.0 Å². The van der Waals surface area contributed by atoms with Crippen molar-refractivity contribution in [1.29, 1.82) is 0 Å². The summed E-state index contributed by atoms with van der Waals surface area (Å²) in [6.45, 7) is 8.10. The van der Waals surface area contributed by atoms with Crippen LogP contribution in [-0.4, -0.2) is 47.4 Å². The van der Waals surface area contributed by atoms with Gasteiger partial charge in [-0.3, -0.25) is 0 Å². The van der Waals surface area contributed by atoms with Gasteiger partial charge in [-0.25, -0.2) is 9.97 Å². The molecule has 5 heteroatoms. The summed E-state index contributed by atoms with van der Waals surface area (Å²) in [7, 11) is 0. The molecule has 2 saturated heterocycles. The van der Waals surface area contributed by atoms with E-state index in [0.29, 0.717) is 12.5 Å². The Morgan fingerprint density at radius 2 is 1.44 bits per heavy atom. The van der Waals surface area contributed by atoms with Crippen molar-refractivity contribution in [3.8, 4) is 0 Å². The molecule has 0 saturated carbocycles. The van der Waals surface area contributed by atoms with Gasteiger partial charge in [-0.2, -0.15) is 0 Å². The number of para-hydroxylation sites is 2. The summed E-state index contributed by atoms with van der Waals surface area (Å²) in [6, 6.07) is 8.09. The molecule has 2 aliphatic heterocycles. The summed E-state index contributed by atoms with van der Waals surface area (Å²) in [5, 5.41) is 10.4. The number of piperidine rings is 2. The molecule has 1 N–H and O–H groups in total. The summed E-state index contributed by atoms with van der Waals surface area (Å²) in [5.41, 5.74) is 1.88. The maximum absolute atomic E-state index is 10.4. The first kappa shape index (κ1) is 16.6. The Kier molecular flexibility index (Phi) is 4.50. The Labute approximate surface area is 149 Å². The van der Waals surface area contributed by atoms with Gasteiger partial charge in [-0.15, -0.1) is 0 Å². The maximum Gasteiger partial charge on any atom is 0.172 e. The molecule has 4 rings (SSSR count). The second kappa shape index (κ2) is 6.79. The topological polar surface area (TPSA) is 52.5 Å². The zero-order valence-electron chi connectivity index (χ0n) is 15.2. The molecule has 0 bridgehead atoms. The Balaban J connectivity index is 1.73. The van der Waals surface area contributed by atoms with Crippen LogP contribution in [0.3, 0.4) is 0 Å². The van der Waals surface area contributed by atoms with Crippen LogP contribution in [0.4, 0.5) is 11.6 Å². The monoisotopic (exact) mass is 340 g/mol. The van der Waals surface area contributed by atoms with Crippen LogP contribution in [0.5, 0.6) is 0 Å². The van der Waals surface area contributed by atoms with Gasteiger partial charge in [-0.05, 0) is 43.2 Å². The third-order valence-electron chi connectivity index (χ3n) is 5.84. The maximum atomic E-state index is 10.4. The predicted octanol–water partition coefficient (Wildman–Crippen LogP) is 3.07. The van der Waals surface area contributed by atoms with E-state index in [9.17, 15) is 5.11 Å². The molecular formula is C20H28N4O. The van der Waals surface area contributed by atoms with Gasteiger partial charge in [0.15, 0.2) is 11.6 Å². The van der Waals surface area contributed by atoms with Crippen molar-refractivity contribution in [2.24, 2.45) is 11.8 Å². The lowest BCUT2D eigenvalue weighted by Gasteiger charge is -2.38. The number of benzene rings is 1. The summed E-state index contributed by atoms with van der Waals surface area (Å²) < 4.78 is 0. The number of aliphatic hydroxyl groups is 1. The summed E-state index contributed by atoms with van der Waals surface area (Å²) in [5.74, 6) is 3.07. The second-order valence-electron chi connectivity index (χ2n) is 7.81. The average molecular weight is 340 g/mol. The normalized spacial score (nSPS) is 25.6. The van der Waals surface area contributed by atoms with E-state index in [2.05, 4.69) is 23.6 Å². The quantitative estimate of drug-likeness (QED) is 0.910. The largest absolute Gasteiger partial charge is 0.391 e. The minimum Gasteiger partial charge on any atom is -0.391 e. The Hall–Kier alpha value is -1.88. The van der Waals surface area contributed by atoms with E-state index in [1.165, 1.54) is 12.8 Å². The van der Waals surface area contributed by atoms with Gasteiger partial charge in [0.25, 0.3) is 0 Å². The number of hydrogen-bond acceptors (Lipinski definition) is 5. The first-order chi connectivity index (χ1) is 12.1. The lowest BCUT2D eigenvalue weighted by Crippen LogP contribution is -2.44. The van der Waals surface area contributed by atoms with Gasteiger partial charge in [0.2, 0.25) is 0 Å². The highest BCUT2D eigenvalue weighted by atomic mass is 16.3. The Bertz CT molecular complexity index is 742. The molecule has 2 aliphatic rings. The fourth-order valence-electron chi connectivity index (χ4n) is 3.87. The molecule has 1 aromatic heterocycles.